The number of nitrogens with zero attached hydrogens (tertiary/aromatic N) is 1. The standard InChI is InChI=1S/C30H37N3O8/c1-30(28(37)31-2,29(38)32-41-26-6-4-5-18-40-26)33(3)27(36)24-15-11-22(12-16-24)8-7-21-9-13-23(14-10-21)25(35)20-39-19-17-34/h9-16,25-26,34-35H,4-6,17-20H2,1-3H3,(H,31,37)(H,32,38). The van der Waals surface area contributed by atoms with Crippen molar-refractivity contribution in [3.63, 3.8) is 0 Å². The predicted molar refractivity (Wildman–Crippen MR) is 149 cm³/mol. The van der Waals surface area contributed by atoms with Gasteiger partial charge in [0.05, 0.1) is 19.8 Å². The molecule has 3 rings (SSSR count). The molecule has 41 heavy (non-hydrogen) atoms. The van der Waals surface area contributed by atoms with Crippen molar-refractivity contribution in [2.24, 2.45) is 0 Å². The number of nitrogens with one attached hydrogen (secondary N) is 2. The number of ether oxygens (including phenoxy) is 2. The molecule has 220 valence electrons. The number of hydrogen-bond acceptors (Lipinski definition) is 8. The third-order valence-electron chi connectivity index (χ3n) is 6.80. The maximum Gasteiger partial charge on any atom is 0.279 e. The molecule has 3 amide bonds. The lowest BCUT2D eigenvalue weighted by atomic mass is 9.96. The largest absolute Gasteiger partial charge is 0.394 e. The third kappa shape index (κ3) is 8.36. The Morgan fingerprint density at radius 3 is 2.27 bits per heavy atom. The van der Waals surface area contributed by atoms with Gasteiger partial charge in [0.25, 0.3) is 17.7 Å². The molecule has 2 aromatic carbocycles. The first kappa shape index (κ1) is 31.7. The third-order valence-corrected chi connectivity index (χ3v) is 6.80. The Bertz CT molecular complexity index is 1230. The maximum absolute atomic E-state index is 13.3. The summed E-state index contributed by atoms with van der Waals surface area (Å²) in [7, 11) is 2.76. The lowest BCUT2D eigenvalue weighted by Gasteiger charge is -2.36. The van der Waals surface area contributed by atoms with Gasteiger partial charge in [0, 0.05) is 43.8 Å². The van der Waals surface area contributed by atoms with Crippen LogP contribution in [0.4, 0.5) is 0 Å². The fourth-order valence-corrected chi connectivity index (χ4v) is 4.06. The number of hydrogen-bond donors (Lipinski definition) is 4. The lowest BCUT2D eigenvalue weighted by molar-refractivity contribution is -0.204. The van der Waals surface area contributed by atoms with E-state index in [1.54, 1.807) is 48.5 Å². The smallest absolute Gasteiger partial charge is 0.279 e. The SMILES string of the molecule is CNC(=O)C(C)(C(=O)NOC1CCCCO1)N(C)C(=O)c1ccc(C#Cc2ccc(C(O)COCCO)cc2)cc1. The molecule has 0 spiro atoms. The monoisotopic (exact) mass is 567 g/mol. The molecule has 1 fully saturated rings. The van der Waals surface area contributed by atoms with Crippen molar-refractivity contribution in [3.8, 4) is 11.8 Å². The molecule has 11 nitrogen and oxygen atoms in total. The van der Waals surface area contributed by atoms with Crippen LogP contribution in [-0.2, 0) is 23.9 Å². The van der Waals surface area contributed by atoms with Crippen molar-refractivity contribution >= 4 is 17.7 Å². The number of carbonyl (C=O) groups excluding carboxylic acids is 3. The van der Waals surface area contributed by atoms with E-state index < -0.39 is 35.7 Å². The normalized spacial score (nSPS) is 16.9. The number of aliphatic hydroxyl groups is 2. The zero-order chi connectivity index (χ0) is 29.8. The minimum absolute atomic E-state index is 0.0853. The average molecular weight is 568 g/mol. The van der Waals surface area contributed by atoms with Gasteiger partial charge < -0.3 is 29.9 Å². The molecular weight excluding hydrogens is 530 g/mol. The summed E-state index contributed by atoms with van der Waals surface area (Å²) in [5.41, 5.74) is 2.71. The Kier molecular flexibility index (Phi) is 11.8. The van der Waals surface area contributed by atoms with Gasteiger partial charge in [-0.2, -0.15) is 0 Å². The predicted octanol–water partition coefficient (Wildman–Crippen LogP) is 1.28. The Morgan fingerprint density at radius 2 is 1.71 bits per heavy atom. The highest BCUT2D eigenvalue weighted by Gasteiger charge is 2.47. The minimum Gasteiger partial charge on any atom is -0.394 e. The number of likely N-dealkylation sites (N-methyl/N-ethyl adjacent to an activating group) is 2. The molecule has 3 unspecified atom stereocenters. The van der Waals surface area contributed by atoms with Crippen molar-refractivity contribution in [3.05, 3.63) is 70.8 Å². The van der Waals surface area contributed by atoms with Crippen LogP contribution in [-0.4, -0.2) is 85.2 Å². The zero-order valence-corrected chi connectivity index (χ0v) is 23.5. The fraction of sp³-hybridized carbons (Fsp3) is 0.433. The first-order valence-corrected chi connectivity index (χ1v) is 13.4. The molecule has 0 bridgehead atoms. The Hall–Kier alpha value is -3.79. The van der Waals surface area contributed by atoms with E-state index in [2.05, 4.69) is 22.6 Å². The van der Waals surface area contributed by atoms with Gasteiger partial charge in [0.2, 0.25) is 0 Å². The highest BCUT2D eigenvalue weighted by atomic mass is 16.8. The molecule has 11 heteroatoms. The lowest BCUT2D eigenvalue weighted by Crippen LogP contribution is -2.65. The van der Waals surface area contributed by atoms with Crippen LogP contribution in [0.1, 0.15) is 59.3 Å². The molecular formula is C30H37N3O8. The number of hydroxylamine groups is 1. The molecule has 3 atom stereocenters. The second-order valence-electron chi connectivity index (χ2n) is 9.62. The summed E-state index contributed by atoms with van der Waals surface area (Å²) in [5.74, 6) is 4.02. The highest BCUT2D eigenvalue weighted by molar-refractivity contribution is 6.12. The molecule has 1 aliphatic heterocycles. The number of aliphatic hydroxyl groups excluding tert-OH is 2. The molecule has 0 radical (unpaired) electrons. The molecule has 0 aliphatic carbocycles. The van der Waals surface area contributed by atoms with Gasteiger partial charge in [-0.05, 0) is 61.7 Å². The van der Waals surface area contributed by atoms with Gasteiger partial charge >= 0.3 is 0 Å². The van der Waals surface area contributed by atoms with Crippen molar-refractivity contribution in [2.45, 2.75) is 44.1 Å². The van der Waals surface area contributed by atoms with Gasteiger partial charge in [-0.15, -0.1) is 0 Å². The maximum atomic E-state index is 13.3. The van der Waals surface area contributed by atoms with Crippen LogP contribution in [0.2, 0.25) is 0 Å². The first-order valence-electron chi connectivity index (χ1n) is 13.4. The topological polar surface area (TPSA) is 147 Å². The van der Waals surface area contributed by atoms with Gasteiger partial charge in [0.15, 0.2) is 11.8 Å². The van der Waals surface area contributed by atoms with Crippen LogP contribution in [0.5, 0.6) is 0 Å². The molecule has 0 aromatic heterocycles. The summed E-state index contributed by atoms with van der Waals surface area (Å²) in [6, 6.07) is 13.5. The van der Waals surface area contributed by atoms with E-state index in [4.69, 9.17) is 19.4 Å². The van der Waals surface area contributed by atoms with Crippen LogP contribution in [0.25, 0.3) is 0 Å². The van der Waals surface area contributed by atoms with Gasteiger partial charge in [0.1, 0.15) is 6.10 Å². The zero-order valence-electron chi connectivity index (χ0n) is 23.5. The van der Waals surface area contributed by atoms with E-state index in [1.807, 2.05) is 0 Å². The van der Waals surface area contributed by atoms with E-state index in [1.165, 1.54) is 21.0 Å². The fourth-order valence-electron chi connectivity index (χ4n) is 4.06. The van der Waals surface area contributed by atoms with Crippen molar-refractivity contribution in [1.82, 2.24) is 15.7 Å². The molecule has 0 saturated carbocycles. The Labute approximate surface area is 239 Å². The number of amides is 3. The van der Waals surface area contributed by atoms with Crippen molar-refractivity contribution in [1.29, 1.82) is 0 Å². The summed E-state index contributed by atoms with van der Waals surface area (Å²) < 4.78 is 10.6. The van der Waals surface area contributed by atoms with Gasteiger partial charge in [-0.3, -0.25) is 14.4 Å². The van der Waals surface area contributed by atoms with Crippen LogP contribution in [0.3, 0.4) is 0 Å². The summed E-state index contributed by atoms with van der Waals surface area (Å²) in [6.07, 6.45) is 0.994. The number of carbonyl (C=O) groups is 3. The van der Waals surface area contributed by atoms with Crippen LogP contribution < -0.4 is 10.8 Å². The van der Waals surface area contributed by atoms with Gasteiger partial charge in [-0.1, -0.05) is 24.0 Å². The van der Waals surface area contributed by atoms with E-state index in [0.29, 0.717) is 24.2 Å². The summed E-state index contributed by atoms with van der Waals surface area (Å²) in [4.78, 5) is 45.6. The summed E-state index contributed by atoms with van der Waals surface area (Å²) >= 11 is 0. The van der Waals surface area contributed by atoms with Crippen molar-refractivity contribution < 1.29 is 38.9 Å². The molecule has 1 aliphatic rings. The Morgan fingerprint density at radius 1 is 1.07 bits per heavy atom. The van der Waals surface area contributed by atoms with Crippen molar-refractivity contribution in [2.75, 3.05) is 40.5 Å². The number of rotatable bonds is 11. The van der Waals surface area contributed by atoms with Crippen LogP contribution in [0.15, 0.2) is 48.5 Å². The summed E-state index contributed by atoms with van der Waals surface area (Å²) in [6.45, 7) is 2.00. The first-order chi connectivity index (χ1) is 19.7. The molecule has 1 heterocycles. The molecule has 2 aromatic rings. The molecule has 4 N–H and O–H groups in total. The quantitative estimate of drug-likeness (QED) is 0.138. The second-order valence-corrected chi connectivity index (χ2v) is 9.62. The summed E-state index contributed by atoms with van der Waals surface area (Å²) in [5, 5.41) is 21.3. The Balaban J connectivity index is 1.66. The highest BCUT2D eigenvalue weighted by Crippen LogP contribution is 2.20. The minimum atomic E-state index is -1.90. The van der Waals surface area contributed by atoms with E-state index in [-0.39, 0.29) is 25.4 Å². The van der Waals surface area contributed by atoms with Crippen LogP contribution in [0, 0.1) is 11.8 Å². The average Bonchev–Trinajstić information content (AvgIpc) is 3.02. The number of benzene rings is 2. The second kappa shape index (κ2) is 15.3. The van der Waals surface area contributed by atoms with E-state index >= 15 is 0 Å². The van der Waals surface area contributed by atoms with Crippen LogP contribution >= 0.6 is 0 Å². The van der Waals surface area contributed by atoms with E-state index in [9.17, 15) is 19.5 Å². The van der Waals surface area contributed by atoms with E-state index in [0.717, 1.165) is 23.3 Å². The van der Waals surface area contributed by atoms with Gasteiger partial charge in [-0.25, -0.2) is 10.3 Å². The molecule has 1 saturated heterocycles.